The van der Waals surface area contributed by atoms with Gasteiger partial charge in [-0.2, -0.15) is 0 Å². The van der Waals surface area contributed by atoms with E-state index >= 15 is 0 Å². The predicted octanol–water partition coefficient (Wildman–Crippen LogP) is 3.77. The van der Waals surface area contributed by atoms with E-state index in [2.05, 4.69) is 9.88 Å². The van der Waals surface area contributed by atoms with Crippen molar-refractivity contribution >= 4 is 46.5 Å². The average Bonchev–Trinajstić information content (AvgIpc) is 2.63. The van der Waals surface area contributed by atoms with Gasteiger partial charge in [-0.05, 0) is 24.3 Å². The van der Waals surface area contributed by atoms with E-state index in [-0.39, 0.29) is 12.5 Å². The van der Waals surface area contributed by atoms with Gasteiger partial charge < -0.3 is 14.5 Å². The van der Waals surface area contributed by atoms with Crippen molar-refractivity contribution in [1.82, 2.24) is 9.88 Å². The molecule has 0 radical (unpaired) electrons. The minimum absolute atomic E-state index is 0.0790. The number of rotatable bonds is 4. The lowest BCUT2D eigenvalue weighted by Crippen LogP contribution is -2.50. The van der Waals surface area contributed by atoms with E-state index in [0.29, 0.717) is 47.0 Å². The highest BCUT2D eigenvalue weighted by molar-refractivity contribution is 6.34. The molecule has 1 aromatic carbocycles. The SMILES string of the molecule is O=C(COc1cc(Cl)ccc1Cl)N1CCN(c2ncccc2Cl)CC1. The maximum absolute atomic E-state index is 12.3. The highest BCUT2D eigenvalue weighted by Gasteiger charge is 2.23. The Balaban J connectivity index is 1.53. The molecule has 8 heteroatoms. The van der Waals surface area contributed by atoms with Crippen molar-refractivity contribution in [1.29, 1.82) is 0 Å². The Morgan fingerprint density at radius 3 is 2.56 bits per heavy atom. The Morgan fingerprint density at radius 1 is 1.08 bits per heavy atom. The number of halogens is 3. The molecule has 1 amide bonds. The predicted molar refractivity (Wildman–Crippen MR) is 100.0 cm³/mol. The topological polar surface area (TPSA) is 45.7 Å². The van der Waals surface area contributed by atoms with Gasteiger partial charge in [0.15, 0.2) is 6.61 Å². The minimum Gasteiger partial charge on any atom is -0.482 e. The Hall–Kier alpha value is -1.69. The smallest absolute Gasteiger partial charge is 0.260 e. The highest BCUT2D eigenvalue weighted by Crippen LogP contribution is 2.28. The summed E-state index contributed by atoms with van der Waals surface area (Å²) in [6, 6.07) is 8.51. The number of nitrogens with zero attached hydrogens (tertiary/aromatic N) is 3. The summed E-state index contributed by atoms with van der Waals surface area (Å²) < 4.78 is 5.51. The number of hydrogen-bond donors (Lipinski definition) is 0. The number of anilines is 1. The normalized spacial score (nSPS) is 14.5. The second-order valence-electron chi connectivity index (χ2n) is 5.54. The van der Waals surface area contributed by atoms with Crippen molar-refractivity contribution in [3.63, 3.8) is 0 Å². The van der Waals surface area contributed by atoms with E-state index in [4.69, 9.17) is 39.5 Å². The molecule has 0 atom stereocenters. The first-order valence-electron chi connectivity index (χ1n) is 7.75. The molecule has 25 heavy (non-hydrogen) atoms. The number of amides is 1. The van der Waals surface area contributed by atoms with Crippen molar-refractivity contribution in [2.45, 2.75) is 0 Å². The number of carbonyl (C=O) groups excluding carboxylic acids is 1. The molecule has 0 aliphatic carbocycles. The lowest BCUT2D eigenvalue weighted by atomic mass is 10.3. The van der Waals surface area contributed by atoms with Crippen LogP contribution in [0.3, 0.4) is 0 Å². The monoisotopic (exact) mass is 399 g/mol. The van der Waals surface area contributed by atoms with Gasteiger partial charge in [-0.1, -0.05) is 34.8 Å². The van der Waals surface area contributed by atoms with Crippen LogP contribution >= 0.6 is 34.8 Å². The molecule has 0 spiro atoms. The van der Waals surface area contributed by atoms with Crippen LogP contribution < -0.4 is 9.64 Å². The van der Waals surface area contributed by atoms with Gasteiger partial charge in [0.25, 0.3) is 5.91 Å². The number of piperazine rings is 1. The molecule has 0 unspecified atom stereocenters. The van der Waals surface area contributed by atoms with Crippen LogP contribution in [-0.2, 0) is 4.79 Å². The van der Waals surface area contributed by atoms with Crippen LogP contribution in [0.4, 0.5) is 5.82 Å². The zero-order chi connectivity index (χ0) is 17.8. The van der Waals surface area contributed by atoms with Gasteiger partial charge in [0.05, 0.1) is 10.0 Å². The van der Waals surface area contributed by atoms with Crippen LogP contribution in [0.1, 0.15) is 0 Å². The molecule has 132 valence electrons. The molecule has 2 heterocycles. The van der Waals surface area contributed by atoms with Crippen molar-refractivity contribution < 1.29 is 9.53 Å². The second-order valence-corrected chi connectivity index (χ2v) is 6.79. The molecule has 1 fully saturated rings. The molecular formula is C17H16Cl3N3O2. The van der Waals surface area contributed by atoms with Gasteiger partial charge in [-0.3, -0.25) is 4.79 Å². The summed E-state index contributed by atoms with van der Waals surface area (Å²) in [5.41, 5.74) is 0. The van der Waals surface area contributed by atoms with E-state index in [1.807, 2.05) is 6.07 Å². The quantitative estimate of drug-likeness (QED) is 0.784. The van der Waals surface area contributed by atoms with Crippen molar-refractivity contribution in [2.75, 3.05) is 37.7 Å². The van der Waals surface area contributed by atoms with Crippen LogP contribution in [0.5, 0.6) is 5.75 Å². The number of carbonyl (C=O) groups is 1. The first kappa shape index (κ1) is 18.1. The fourth-order valence-electron chi connectivity index (χ4n) is 2.60. The number of ether oxygens (including phenoxy) is 1. The van der Waals surface area contributed by atoms with Crippen molar-refractivity contribution in [3.8, 4) is 5.75 Å². The molecular weight excluding hydrogens is 385 g/mol. The largest absolute Gasteiger partial charge is 0.482 e. The number of benzene rings is 1. The van der Waals surface area contributed by atoms with Gasteiger partial charge in [0, 0.05) is 43.5 Å². The van der Waals surface area contributed by atoms with E-state index in [0.717, 1.165) is 5.82 Å². The zero-order valence-corrected chi connectivity index (χ0v) is 15.6. The van der Waals surface area contributed by atoms with Gasteiger partial charge in [-0.25, -0.2) is 4.98 Å². The molecule has 3 rings (SSSR count). The Labute approximate surface area is 161 Å². The van der Waals surface area contributed by atoms with Crippen LogP contribution in [0.15, 0.2) is 36.5 Å². The minimum atomic E-state index is -0.0946. The second kappa shape index (κ2) is 8.13. The Bertz CT molecular complexity index is 765. The molecule has 0 saturated carbocycles. The number of aromatic nitrogens is 1. The van der Waals surface area contributed by atoms with E-state index in [1.54, 1.807) is 35.4 Å². The molecule has 1 aromatic heterocycles. The number of hydrogen-bond acceptors (Lipinski definition) is 4. The van der Waals surface area contributed by atoms with Gasteiger partial charge in [0.1, 0.15) is 11.6 Å². The maximum Gasteiger partial charge on any atom is 0.260 e. The summed E-state index contributed by atoms with van der Waals surface area (Å²) in [5, 5.41) is 1.54. The maximum atomic E-state index is 12.3. The van der Waals surface area contributed by atoms with E-state index in [1.165, 1.54) is 0 Å². The number of pyridine rings is 1. The summed E-state index contributed by atoms with van der Waals surface area (Å²) in [5.74, 6) is 1.06. The fourth-order valence-corrected chi connectivity index (χ4v) is 3.17. The van der Waals surface area contributed by atoms with Crippen molar-refractivity contribution in [2.24, 2.45) is 0 Å². The van der Waals surface area contributed by atoms with Gasteiger partial charge in [0.2, 0.25) is 0 Å². The molecule has 2 aromatic rings. The lowest BCUT2D eigenvalue weighted by molar-refractivity contribution is -0.133. The third-order valence-electron chi connectivity index (χ3n) is 3.92. The van der Waals surface area contributed by atoms with Gasteiger partial charge >= 0.3 is 0 Å². The van der Waals surface area contributed by atoms with Gasteiger partial charge in [-0.15, -0.1) is 0 Å². The lowest BCUT2D eigenvalue weighted by Gasteiger charge is -2.35. The summed E-state index contributed by atoms with van der Waals surface area (Å²) in [6.45, 7) is 2.42. The molecule has 1 aliphatic heterocycles. The van der Waals surface area contributed by atoms with Crippen LogP contribution in [0.2, 0.25) is 15.1 Å². The molecule has 1 saturated heterocycles. The first-order valence-corrected chi connectivity index (χ1v) is 8.89. The van der Waals surface area contributed by atoms with E-state index < -0.39 is 0 Å². The highest BCUT2D eigenvalue weighted by atomic mass is 35.5. The van der Waals surface area contributed by atoms with Crippen LogP contribution in [0.25, 0.3) is 0 Å². The Morgan fingerprint density at radius 2 is 1.84 bits per heavy atom. The molecule has 0 N–H and O–H groups in total. The fraction of sp³-hybridized carbons (Fsp3) is 0.294. The summed E-state index contributed by atoms with van der Waals surface area (Å²) in [6.07, 6.45) is 1.71. The van der Waals surface area contributed by atoms with E-state index in [9.17, 15) is 4.79 Å². The third-order valence-corrected chi connectivity index (χ3v) is 4.76. The molecule has 1 aliphatic rings. The zero-order valence-electron chi connectivity index (χ0n) is 13.3. The van der Waals surface area contributed by atoms with Crippen LogP contribution in [-0.4, -0.2) is 48.6 Å². The average molecular weight is 401 g/mol. The summed E-state index contributed by atoms with van der Waals surface area (Å²) in [4.78, 5) is 20.5. The standard InChI is InChI=1S/C17H16Cl3N3O2/c18-12-3-4-13(19)15(10-12)25-11-16(24)22-6-8-23(9-7-22)17-14(20)2-1-5-21-17/h1-5,10H,6-9,11H2. The first-order chi connectivity index (χ1) is 12.0. The third kappa shape index (κ3) is 4.48. The summed E-state index contributed by atoms with van der Waals surface area (Å²) >= 11 is 18.1. The van der Waals surface area contributed by atoms with Crippen LogP contribution in [0, 0.1) is 0 Å². The molecule has 5 nitrogen and oxygen atoms in total. The Kier molecular flexibility index (Phi) is 5.89. The van der Waals surface area contributed by atoms with Crippen molar-refractivity contribution in [3.05, 3.63) is 51.6 Å². The summed E-state index contributed by atoms with van der Waals surface area (Å²) in [7, 11) is 0. The molecule has 0 bridgehead atoms.